The lowest BCUT2D eigenvalue weighted by Crippen LogP contribution is -2.60. The fourth-order valence-corrected chi connectivity index (χ4v) is 12.8. The maximum Gasteiger partial charge on any atom is 0.184 e. The first-order valence-electron chi connectivity index (χ1n) is 16.4. The minimum absolute atomic E-state index is 0.439. The highest BCUT2D eigenvalue weighted by Gasteiger charge is 2.63. The number of hydrogen-bond donors (Lipinski definition) is 0. The maximum absolute atomic E-state index is 7.17. The van der Waals surface area contributed by atoms with E-state index in [1.54, 1.807) is 0 Å². The lowest BCUT2D eigenvalue weighted by atomic mass is 9.43. The molecule has 4 aliphatic carbocycles. The van der Waals surface area contributed by atoms with Gasteiger partial charge in [0, 0.05) is 12.2 Å². The average molecular weight is 549 g/mol. The van der Waals surface area contributed by atoms with E-state index in [0.717, 1.165) is 35.5 Å². The lowest BCUT2D eigenvalue weighted by Gasteiger charge is -2.63. The van der Waals surface area contributed by atoms with Crippen LogP contribution in [0.5, 0.6) is 0 Å². The fourth-order valence-electron chi connectivity index (χ4n) is 10.4. The molecule has 0 heterocycles. The summed E-state index contributed by atoms with van der Waals surface area (Å²) in [5.74, 6) is 6.06. The summed E-state index contributed by atoms with van der Waals surface area (Å²) in [6, 6.07) is 0. The number of fused-ring (bicyclic) bond motifs is 5. The van der Waals surface area contributed by atoms with Crippen LogP contribution in [0.25, 0.3) is 0 Å². The van der Waals surface area contributed by atoms with Crippen LogP contribution in [-0.4, -0.2) is 28.8 Å². The monoisotopic (exact) mass is 548 g/mol. The highest BCUT2D eigenvalue weighted by atomic mass is 28.4. The average Bonchev–Trinajstić information content (AvgIpc) is 3.10. The third-order valence-electron chi connectivity index (χ3n) is 11.8. The molecule has 10 atom stereocenters. The zero-order valence-electron chi connectivity index (χ0n) is 26.8. The summed E-state index contributed by atoms with van der Waals surface area (Å²) in [4.78, 5) is 0. The van der Waals surface area contributed by atoms with Gasteiger partial charge in [0.1, 0.15) is 0 Å². The van der Waals surface area contributed by atoms with Crippen LogP contribution in [0.2, 0.25) is 39.3 Å². The highest BCUT2D eigenvalue weighted by Crippen LogP contribution is 2.69. The van der Waals surface area contributed by atoms with Gasteiger partial charge in [0.2, 0.25) is 0 Å². The summed E-state index contributed by atoms with van der Waals surface area (Å²) < 4.78 is 13.9. The van der Waals surface area contributed by atoms with Crippen LogP contribution in [0.1, 0.15) is 105 Å². The molecule has 0 amide bonds. The van der Waals surface area contributed by atoms with Crippen LogP contribution in [0.4, 0.5) is 0 Å². The van der Waals surface area contributed by atoms with Crippen molar-refractivity contribution in [2.75, 3.05) is 0 Å². The molecule has 4 aliphatic rings. The predicted molar refractivity (Wildman–Crippen MR) is 165 cm³/mol. The molecule has 0 aliphatic heterocycles. The van der Waals surface area contributed by atoms with Crippen molar-refractivity contribution in [1.29, 1.82) is 0 Å². The minimum atomic E-state index is -1.62. The van der Waals surface area contributed by atoms with Crippen molar-refractivity contribution in [2.45, 2.75) is 157 Å². The zero-order chi connectivity index (χ0) is 27.4. The van der Waals surface area contributed by atoms with Crippen molar-refractivity contribution < 1.29 is 8.85 Å². The molecule has 2 nitrogen and oxygen atoms in total. The molecule has 4 heteroatoms. The second-order valence-electron chi connectivity index (χ2n) is 17.2. The summed E-state index contributed by atoms with van der Waals surface area (Å²) in [6.45, 7) is 27.2. The van der Waals surface area contributed by atoms with Gasteiger partial charge >= 0.3 is 0 Å². The van der Waals surface area contributed by atoms with Crippen molar-refractivity contribution in [2.24, 2.45) is 52.3 Å². The first kappa shape index (κ1) is 30.3. The molecule has 0 bridgehead atoms. The van der Waals surface area contributed by atoms with Crippen LogP contribution < -0.4 is 0 Å². The first-order valence-corrected chi connectivity index (χ1v) is 23.2. The Morgan fingerprint density at radius 1 is 0.703 bits per heavy atom. The van der Waals surface area contributed by atoms with E-state index >= 15 is 0 Å². The van der Waals surface area contributed by atoms with Crippen molar-refractivity contribution in [3.05, 3.63) is 0 Å². The molecule has 0 aromatic heterocycles. The normalized spacial score (nSPS) is 43.3. The molecular formula is C33H64O2Si2. The van der Waals surface area contributed by atoms with Gasteiger partial charge in [-0.05, 0) is 143 Å². The van der Waals surface area contributed by atoms with Gasteiger partial charge in [-0.15, -0.1) is 0 Å². The molecule has 0 aromatic rings. The number of hydrogen-bond acceptors (Lipinski definition) is 2. The van der Waals surface area contributed by atoms with Crippen LogP contribution in [0.15, 0.2) is 0 Å². The quantitative estimate of drug-likeness (QED) is 0.267. The molecule has 216 valence electrons. The van der Waals surface area contributed by atoms with E-state index in [-0.39, 0.29) is 0 Å². The Morgan fingerprint density at radius 2 is 1.32 bits per heavy atom. The smallest absolute Gasteiger partial charge is 0.184 e. The van der Waals surface area contributed by atoms with Gasteiger partial charge in [0.05, 0.1) is 0 Å². The van der Waals surface area contributed by atoms with E-state index < -0.39 is 16.6 Å². The van der Waals surface area contributed by atoms with E-state index in [1.165, 1.54) is 70.6 Å². The Bertz CT molecular complexity index is 769. The van der Waals surface area contributed by atoms with E-state index in [1.807, 2.05) is 0 Å². The van der Waals surface area contributed by atoms with Crippen LogP contribution in [-0.2, 0) is 8.85 Å². The van der Waals surface area contributed by atoms with Gasteiger partial charge in [-0.3, -0.25) is 0 Å². The molecule has 4 rings (SSSR count). The van der Waals surface area contributed by atoms with E-state index in [2.05, 4.69) is 73.9 Å². The molecule has 0 aromatic carbocycles. The van der Waals surface area contributed by atoms with Crippen molar-refractivity contribution in [1.82, 2.24) is 0 Å². The Hall–Kier alpha value is 0.354. The highest BCUT2D eigenvalue weighted by molar-refractivity contribution is 6.70. The molecule has 0 N–H and O–H groups in total. The zero-order valence-corrected chi connectivity index (χ0v) is 28.8. The summed E-state index contributed by atoms with van der Waals surface area (Å²) in [5.41, 5.74) is 0.998. The van der Waals surface area contributed by atoms with E-state index in [0.29, 0.717) is 29.0 Å². The molecule has 4 saturated carbocycles. The third kappa shape index (κ3) is 6.48. The van der Waals surface area contributed by atoms with Crippen LogP contribution >= 0.6 is 0 Å². The fraction of sp³-hybridized carbons (Fsp3) is 1.00. The van der Waals surface area contributed by atoms with Gasteiger partial charge in [-0.1, -0.05) is 53.9 Å². The van der Waals surface area contributed by atoms with Crippen molar-refractivity contribution in [3.8, 4) is 0 Å². The largest absolute Gasteiger partial charge is 0.415 e. The molecule has 4 fully saturated rings. The van der Waals surface area contributed by atoms with Crippen molar-refractivity contribution >= 4 is 16.6 Å². The second kappa shape index (κ2) is 11.0. The Balaban J connectivity index is 1.56. The SMILES string of the molecule is CC(C)CCC[C@@H](C)[C@H]1CC[C@H]2C3C[C@@H](O[Si](C)(C)C)[C@H]4C[C@H](O[Si](C)(C)C)CC[C@]4(C)[C@H]3CC[C@]12C. The van der Waals surface area contributed by atoms with Gasteiger partial charge in [0.25, 0.3) is 0 Å². The predicted octanol–water partition coefficient (Wildman–Crippen LogP) is 10.2. The van der Waals surface area contributed by atoms with Crippen LogP contribution in [0.3, 0.4) is 0 Å². The van der Waals surface area contributed by atoms with Crippen molar-refractivity contribution in [3.63, 3.8) is 0 Å². The maximum atomic E-state index is 7.17. The lowest BCUT2D eigenvalue weighted by molar-refractivity contribution is -0.166. The standard InChI is InChI=1S/C33H64O2Si2/c1-23(2)13-12-14-24(3)27-15-16-28-26-22-31(35-37(9,10)11)30-21-25(34-36(6,7)8)17-19-33(30,5)29(26)18-20-32(27,28)4/h23-31H,12-22H2,1-11H3/t24-,25-,26?,27-,28+,29+,30-,31-,32-,33-/m1/s1. The molecule has 0 saturated heterocycles. The third-order valence-corrected chi connectivity index (χ3v) is 13.9. The van der Waals surface area contributed by atoms with Gasteiger partial charge in [0.15, 0.2) is 16.6 Å². The summed E-state index contributed by atoms with van der Waals surface area (Å²) in [6.07, 6.45) is 16.3. The molecule has 0 radical (unpaired) electrons. The van der Waals surface area contributed by atoms with Crippen LogP contribution in [0, 0.1) is 52.3 Å². The Labute approximate surface area is 234 Å². The summed E-state index contributed by atoms with van der Waals surface area (Å²) in [7, 11) is -3.14. The minimum Gasteiger partial charge on any atom is -0.415 e. The summed E-state index contributed by atoms with van der Waals surface area (Å²) in [5, 5.41) is 0. The van der Waals surface area contributed by atoms with E-state index in [4.69, 9.17) is 8.85 Å². The number of rotatable bonds is 9. The topological polar surface area (TPSA) is 18.5 Å². The van der Waals surface area contributed by atoms with Gasteiger partial charge in [-0.2, -0.15) is 0 Å². The molecule has 1 unspecified atom stereocenters. The second-order valence-corrected chi connectivity index (χ2v) is 26.1. The van der Waals surface area contributed by atoms with E-state index in [9.17, 15) is 0 Å². The molecule has 37 heavy (non-hydrogen) atoms. The molecule has 0 spiro atoms. The van der Waals surface area contributed by atoms with Gasteiger partial charge in [-0.25, -0.2) is 0 Å². The first-order chi connectivity index (χ1) is 17.0. The Morgan fingerprint density at radius 3 is 1.95 bits per heavy atom. The molecular weight excluding hydrogens is 485 g/mol. The summed E-state index contributed by atoms with van der Waals surface area (Å²) >= 11 is 0. The van der Waals surface area contributed by atoms with Gasteiger partial charge < -0.3 is 8.85 Å². The Kier molecular flexibility index (Phi) is 8.99.